The first-order valence-corrected chi connectivity index (χ1v) is 7.51. The van der Waals surface area contributed by atoms with Crippen molar-refractivity contribution in [3.05, 3.63) is 48.7 Å². The van der Waals surface area contributed by atoms with Crippen LogP contribution >= 0.6 is 0 Å². The van der Waals surface area contributed by atoms with E-state index in [0.717, 1.165) is 22.3 Å². The molecule has 0 aliphatic carbocycles. The number of amides is 1. The molecule has 122 valence electrons. The third kappa shape index (κ3) is 2.88. The fourth-order valence-electron chi connectivity index (χ4n) is 2.73. The number of hydrogen-bond donors (Lipinski definition) is 1. The first kappa shape index (κ1) is 15.8. The van der Waals surface area contributed by atoms with Crippen molar-refractivity contribution in [3.8, 4) is 22.6 Å². The van der Waals surface area contributed by atoms with Gasteiger partial charge in [-0.15, -0.1) is 0 Å². The normalized spacial score (nSPS) is 10.5. The lowest BCUT2D eigenvalue weighted by atomic mass is 10.0. The van der Waals surface area contributed by atoms with Crippen molar-refractivity contribution in [2.75, 3.05) is 19.5 Å². The molecule has 2 aromatic carbocycles. The molecule has 0 aliphatic rings. The Balaban J connectivity index is 2.22. The maximum atomic E-state index is 11.4. The number of carbonyl (C=O) groups excluding carboxylic acids is 1. The van der Waals surface area contributed by atoms with Gasteiger partial charge < -0.3 is 14.8 Å². The maximum absolute atomic E-state index is 11.4. The van der Waals surface area contributed by atoms with Crippen LogP contribution in [-0.2, 0) is 4.79 Å². The fourth-order valence-corrected chi connectivity index (χ4v) is 2.73. The van der Waals surface area contributed by atoms with Gasteiger partial charge in [-0.25, -0.2) is 0 Å². The average Bonchev–Trinajstić information content (AvgIpc) is 2.60. The number of anilines is 1. The van der Waals surface area contributed by atoms with E-state index in [0.29, 0.717) is 17.0 Å². The summed E-state index contributed by atoms with van der Waals surface area (Å²) in [6.07, 6.45) is 1.73. The molecule has 0 unspecified atom stereocenters. The van der Waals surface area contributed by atoms with Crippen LogP contribution in [0.15, 0.2) is 48.7 Å². The molecule has 0 fully saturated rings. The van der Waals surface area contributed by atoms with E-state index >= 15 is 0 Å². The fraction of sp³-hybridized carbons (Fsp3) is 0.158. The Labute approximate surface area is 140 Å². The number of methoxy groups -OCH3 is 2. The molecule has 1 amide bonds. The molecule has 3 aromatic rings. The highest BCUT2D eigenvalue weighted by Crippen LogP contribution is 2.37. The molecule has 5 heteroatoms. The molecule has 3 rings (SSSR count). The number of ether oxygens (including phenoxy) is 2. The number of carbonyl (C=O) groups is 1. The maximum Gasteiger partial charge on any atom is 0.221 e. The van der Waals surface area contributed by atoms with Crippen LogP contribution in [0.1, 0.15) is 6.92 Å². The van der Waals surface area contributed by atoms with Crippen molar-refractivity contribution in [2.24, 2.45) is 0 Å². The summed E-state index contributed by atoms with van der Waals surface area (Å²) in [5.74, 6) is 1.18. The second kappa shape index (κ2) is 6.58. The van der Waals surface area contributed by atoms with E-state index < -0.39 is 0 Å². The molecule has 1 aromatic heterocycles. The molecule has 0 saturated heterocycles. The highest BCUT2D eigenvalue weighted by Gasteiger charge is 2.14. The van der Waals surface area contributed by atoms with Crippen LogP contribution in [0.5, 0.6) is 11.5 Å². The van der Waals surface area contributed by atoms with E-state index in [1.54, 1.807) is 20.4 Å². The van der Waals surface area contributed by atoms with Crippen molar-refractivity contribution < 1.29 is 14.3 Å². The highest BCUT2D eigenvalue weighted by molar-refractivity contribution is 6.02. The first-order valence-electron chi connectivity index (χ1n) is 7.51. The zero-order chi connectivity index (χ0) is 17.1. The second-order valence-corrected chi connectivity index (χ2v) is 5.31. The van der Waals surface area contributed by atoms with E-state index in [9.17, 15) is 4.79 Å². The molecular weight excluding hydrogens is 304 g/mol. The number of benzene rings is 2. The molecule has 0 aliphatic heterocycles. The van der Waals surface area contributed by atoms with Gasteiger partial charge in [0.25, 0.3) is 0 Å². The lowest BCUT2D eigenvalue weighted by Crippen LogP contribution is -2.07. The topological polar surface area (TPSA) is 60.5 Å². The van der Waals surface area contributed by atoms with Crippen molar-refractivity contribution in [1.82, 2.24) is 4.98 Å². The summed E-state index contributed by atoms with van der Waals surface area (Å²) in [6.45, 7) is 1.46. The molecule has 1 N–H and O–H groups in total. The van der Waals surface area contributed by atoms with E-state index in [-0.39, 0.29) is 5.91 Å². The third-order valence-electron chi connectivity index (χ3n) is 3.76. The van der Waals surface area contributed by atoms with Crippen LogP contribution in [0.25, 0.3) is 22.0 Å². The van der Waals surface area contributed by atoms with Gasteiger partial charge in [0.15, 0.2) is 5.75 Å². The van der Waals surface area contributed by atoms with Crippen LogP contribution in [0.3, 0.4) is 0 Å². The summed E-state index contributed by atoms with van der Waals surface area (Å²) in [6, 6.07) is 13.6. The van der Waals surface area contributed by atoms with Crippen molar-refractivity contribution in [1.29, 1.82) is 0 Å². The number of aromatic nitrogens is 1. The van der Waals surface area contributed by atoms with Gasteiger partial charge in [0.2, 0.25) is 5.91 Å². The first-order chi connectivity index (χ1) is 11.6. The van der Waals surface area contributed by atoms with Gasteiger partial charge in [0, 0.05) is 18.5 Å². The number of rotatable bonds is 4. The van der Waals surface area contributed by atoms with Crippen LogP contribution in [0, 0.1) is 0 Å². The minimum Gasteiger partial charge on any atom is -0.497 e. The summed E-state index contributed by atoms with van der Waals surface area (Å²) in [5.41, 5.74) is 3.35. The molecule has 0 radical (unpaired) electrons. The summed E-state index contributed by atoms with van der Waals surface area (Å²) >= 11 is 0. The van der Waals surface area contributed by atoms with Crippen molar-refractivity contribution >= 4 is 22.5 Å². The number of nitrogens with zero attached hydrogens (tertiary/aromatic N) is 1. The van der Waals surface area contributed by atoms with Gasteiger partial charge in [-0.05, 0) is 41.5 Å². The summed E-state index contributed by atoms with van der Waals surface area (Å²) in [4.78, 5) is 15.8. The van der Waals surface area contributed by atoms with E-state index in [1.165, 1.54) is 6.92 Å². The Hall–Kier alpha value is -3.08. The minimum absolute atomic E-state index is 0.156. The number of pyridine rings is 1. The molecule has 0 saturated carbocycles. The Kier molecular flexibility index (Phi) is 4.33. The van der Waals surface area contributed by atoms with Crippen LogP contribution in [0.2, 0.25) is 0 Å². The van der Waals surface area contributed by atoms with Gasteiger partial charge in [0.05, 0.1) is 19.9 Å². The van der Waals surface area contributed by atoms with Crippen molar-refractivity contribution in [2.45, 2.75) is 6.92 Å². The van der Waals surface area contributed by atoms with Crippen LogP contribution in [-0.4, -0.2) is 25.1 Å². The smallest absolute Gasteiger partial charge is 0.221 e. The largest absolute Gasteiger partial charge is 0.497 e. The van der Waals surface area contributed by atoms with Crippen LogP contribution < -0.4 is 14.8 Å². The molecule has 24 heavy (non-hydrogen) atoms. The predicted octanol–water partition coefficient (Wildman–Crippen LogP) is 3.88. The molecule has 0 spiro atoms. The summed E-state index contributed by atoms with van der Waals surface area (Å²) in [5, 5.41) is 3.71. The van der Waals surface area contributed by atoms with Gasteiger partial charge in [0.1, 0.15) is 11.3 Å². The lowest BCUT2D eigenvalue weighted by Gasteiger charge is -2.14. The third-order valence-corrected chi connectivity index (χ3v) is 3.76. The Bertz CT molecular complexity index is 906. The zero-order valence-corrected chi connectivity index (χ0v) is 13.8. The summed E-state index contributed by atoms with van der Waals surface area (Å²) < 4.78 is 10.8. The number of nitrogens with one attached hydrogen (secondary N) is 1. The molecule has 0 atom stereocenters. The van der Waals surface area contributed by atoms with Crippen molar-refractivity contribution in [3.63, 3.8) is 0 Å². The van der Waals surface area contributed by atoms with E-state index in [4.69, 9.17) is 9.47 Å². The second-order valence-electron chi connectivity index (χ2n) is 5.31. The van der Waals surface area contributed by atoms with Gasteiger partial charge in [-0.1, -0.05) is 12.1 Å². The van der Waals surface area contributed by atoms with Crippen LogP contribution in [0.4, 0.5) is 5.69 Å². The van der Waals surface area contributed by atoms with Gasteiger partial charge >= 0.3 is 0 Å². The average molecular weight is 322 g/mol. The summed E-state index contributed by atoms with van der Waals surface area (Å²) in [7, 11) is 3.21. The minimum atomic E-state index is -0.156. The van der Waals surface area contributed by atoms with E-state index in [1.807, 2.05) is 42.5 Å². The SMILES string of the molecule is COc1cccc(-c2ccnc3c(OC)c(NC(C)=O)ccc23)c1. The Morgan fingerprint density at radius 1 is 1.08 bits per heavy atom. The Morgan fingerprint density at radius 3 is 2.62 bits per heavy atom. The highest BCUT2D eigenvalue weighted by atomic mass is 16.5. The molecule has 5 nitrogen and oxygen atoms in total. The molecule has 1 heterocycles. The van der Waals surface area contributed by atoms with E-state index in [2.05, 4.69) is 10.3 Å². The zero-order valence-electron chi connectivity index (χ0n) is 13.8. The predicted molar refractivity (Wildman–Crippen MR) is 94.6 cm³/mol. The Morgan fingerprint density at radius 2 is 1.92 bits per heavy atom. The molecule has 0 bridgehead atoms. The quantitative estimate of drug-likeness (QED) is 0.792. The molecular formula is C19H18N2O3. The standard InChI is InChI=1S/C19H18N2O3/c1-12(22)21-17-8-7-16-15(9-10-20-18(16)19(17)24-3)13-5-4-6-14(11-13)23-2/h4-11H,1-3H3,(H,21,22). The number of hydrogen-bond acceptors (Lipinski definition) is 4. The van der Waals surface area contributed by atoms with Gasteiger partial charge in [-0.3, -0.25) is 9.78 Å². The van der Waals surface area contributed by atoms with Gasteiger partial charge in [-0.2, -0.15) is 0 Å². The number of fused-ring (bicyclic) bond motifs is 1. The monoisotopic (exact) mass is 322 g/mol. The lowest BCUT2D eigenvalue weighted by molar-refractivity contribution is -0.114.